The van der Waals surface area contributed by atoms with E-state index in [1.165, 1.54) is 67.8 Å². The first-order chi connectivity index (χ1) is 15.2. The first-order valence-electron chi connectivity index (χ1n) is 12.6. The van der Waals surface area contributed by atoms with Gasteiger partial charge in [-0.05, 0) is 62.5 Å². The summed E-state index contributed by atoms with van der Waals surface area (Å²) in [5, 5.41) is 1.25. The molecule has 4 fully saturated rings. The second kappa shape index (κ2) is 8.04. The van der Waals surface area contributed by atoms with E-state index in [1.807, 2.05) is 0 Å². The predicted octanol–water partition coefficient (Wildman–Crippen LogP) is 5.15. The number of ketones is 1. The Morgan fingerprint density at radius 2 is 1.65 bits per heavy atom. The van der Waals surface area contributed by atoms with Gasteiger partial charge in [0.1, 0.15) is 5.78 Å². The molecule has 3 heterocycles. The maximum atomic E-state index is 11.9. The molecule has 2 aliphatic heterocycles. The third kappa shape index (κ3) is 3.66. The average molecular weight is 421 g/mol. The summed E-state index contributed by atoms with van der Waals surface area (Å²) in [7, 11) is 0. The molecule has 6 rings (SSSR count). The van der Waals surface area contributed by atoms with E-state index in [0.717, 1.165) is 31.1 Å². The average Bonchev–Trinajstić information content (AvgIpc) is 3.10. The normalized spacial score (nSPS) is 35.9. The Kier molecular flexibility index (Phi) is 5.19. The van der Waals surface area contributed by atoms with E-state index in [2.05, 4.69) is 39.9 Å². The molecule has 0 radical (unpaired) electrons. The first kappa shape index (κ1) is 20.0. The monoisotopic (exact) mass is 420 g/mol. The quantitative estimate of drug-likeness (QED) is 0.686. The van der Waals surface area contributed by atoms with Gasteiger partial charge < -0.3 is 9.30 Å². The topological polar surface area (TPSA) is 34.5 Å². The van der Waals surface area contributed by atoms with Crippen LogP contribution in [0.25, 0.3) is 10.9 Å². The molecule has 1 aromatic carbocycles. The van der Waals surface area contributed by atoms with Gasteiger partial charge in [-0.25, -0.2) is 0 Å². The summed E-state index contributed by atoms with van der Waals surface area (Å²) in [6, 6.07) is 11.0. The fourth-order valence-electron chi connectivity index (χ4n) is 7.67. The molecule has 4 heteroatoms. The van der Waals surface area contributed by atoms with Crippen LogP contribution in [0.15, 0.2) is 30.5 Å². The van der Waals surface area contributed by atoms with Crippen molar-refractivity contribution in [1.82, 2.24) is 9.47 Å². The number of ether oxygens (including phenoxy) is 1. The molecule has 2 saturated carbocycles. The molecule has 4 aliphatic rings. The highest BCUT2D eigenvalue weighted by atomic mass is 16.5. The van der Waals surface area contributed by atoms with Crippen LogP contribution in [0.1, 0.15) is 69.9 Å². The van der Waals surface area contributed by atoms with Crippen LogP contribution in [-0.4, -0.2) is 46.6 Å². The van der Waals surface area contributed by atoms with Crippen molar-refractivity contribution in [3.05, 3.63) is 36.0 Å². The molecular weight excluding hydrogens is 384 g/mol. The van der Waals surface area contributed by atoms with E-state index in [4.69, 9.17) is 4.74 Å². The highest BCUT2D eigenvalue weighted by Crippen LogP contribution is 2.46. The molecule has 166 valence electrons. The van der Waals surface area contributed by atoms with Crippen LogP contribution in [-0.2, 0) is 16.0 Å². The Hall–Kier alpha value is -1.65. The number of Topliss-reactive ketones (excluding diaryl/α,β-unsaturated/α-hetero) is 1. The molecule has 4 bridgehead atoms. The number of aromatic nitrogens is 1. The van der Waals surface area contributed by atoms with E-state index in [0.29, 0.717) is 24.5 Å². The Morgan fingerprint density at radius 1 is 0.935 bits per heavy atom. The molecule has 4 nitrogen and oxygen atoms in total. The predicted molar refractivity (Wildman–Crippen MR) is 123 cm³/mol. The number of para-hydroxylation sites is 1. The fraction of sp³-hybridized carbons (Fsp3) is 0.667. The fourth-order valence-corrected chi connectivity index (χ4v) is 7.67. The van der Waals surface area contributed by atoms with Gasteiger partial charge in [-0.1, -0.05) is 37.5 Å². The summed E-state index contributed by atoms with van der Waals surface area (Å²) in [5.41, 5.74) is 2.48. The van der Waals surface area contributed by atoms with Crippen LogP contribution < -0.4 is 0 Å². The smallest absolute Gasteiger partial charge is 0.134 e. The summed E-state index contributed by atoms with van der Waals surface area (Å²) >= 11 is 0. The Bertz CT molecular complexity index is 939. The third-order valence-corrected chi connectivity index (χ3v) is 8.73. The lowest BCUT2D eigenvalue weighted by atomic mass is 9.69. The zero-order valence-electron chi connectivity index (χ0n) is 18.8. The number of carbonyl (C=O) groups excluding carboxylic acids is 1. The van der Waals surface area contributed by atoms with Crippen molar-refractivity contribution in [2.75, 3.05) is 13.2 Å². The van der Waals surface area contributed by atoms with Gasteiger partial charge >= 0.3 is 0 Å². The van der Waals surface area contributed by atoms with Crippen LogP contribution >= 0.6 is 0 Å². The number of benzene rings is 1. The minimum absolute atomic E-state index is 0.242. The number of morpholine rings is 1. The van der Waals surface area contributed by atoms with Crippen LogP contribution in [0.4, 0.5) is 0 Å². The van der Waals surface area contributed by atoms with Gasteiger partial charge in [0.05, 0.1) is 13.2 Å². The number of fused-ring (bicyclic) bond motifs is 5. The second-order valence-electron chi connectivity index (χ2n) is 10.9. The lowest BCUT2D eigenvalue weighted by molar-refractivity contribution is -0.118. The molecule has 0 N–H and O–H groups in total. The third-order valence-electron chi connectivity index (χ3n) is 8.73. The molecule has 0 amide bonds. The molecule has 2 saturated heterocycles. The van der Waals surface area contributed by atoms with E-state index < -0.39 is 0 Å². The zero-order valence-corrected chi connectivity index (χ0v) is 18.8. The molecule has 0 spiro atoms. The van der Waals surface area contributed by atoms with E-state index in [-0.39, 0.29) is 5.78 Å². The molecule has 1 aromatic heterocycles. The molecular formula is C27H36N2O2. The summed E-state index contributed by atoms with van der Waals surface area (Å²) in [4.78, 5) is 14.8. The largest absolute Gasteiger partial charge is 0.378 e. The Morgan fingerprint density at radius 3 is 2.35 bits per heavy atom. The summed E-state index contributed by atoms with van der Waals surface area (Å²) < 4.78 is 8.59. The molecule has 31 heavy (non-hydrogen) atoms. The first-order valence-corrected chi connectivity index (χ1v) is 12.6. The van der Waals surface area contributed by atoms with Crippen molar-refractivity contribution in [2.24, 2.45) is 11.8 Å². The standard InChI is InChI=1S/C27H36N2O2/c1-18(30)9-21-15-28(27-8-3-2-7-26(21)27)22-13-24-16-31-17-25(14-22)29(24)23-11-19-5-4-6-20(10-19)12-23/h2-3,7-8,15,19-20,22-25H,4-6,9-14,16-17H2,1H3/t19-,20+,22?,23?,24-,25+. The zero-order chi connectivity index (χ0) is 20.9. The van der Waals surface area contributed by atoms with Crippen molar-refractivity contribution < 1.29 is 9.53 Å². The van der Waals surface area contributed by atoms with Crippen molar-refractivity contribution in [3.63, 3.8) is 0 Å². The summed E-state index contributed by atoms with van der Waals surface area (Å²) in [6.07, 6.45) is 13.9. The molecule has 2 aliphatic carbocycles. The lowest BCUT2D eigenvalue weighted by Gasteiger charge is -2.55. The van der Waals surface area contributed by atoms with Crippen LogP contribution in [0, 0.1) is 11.8 Å². The number of rotatable bonds is 4. The van der Waals surface area contributed by atoms with Gasteiger partial charge in [0.15, 0.2) is 0 Å². The van der Waals surface area contributed by atoms with Crippen LogP contribution in [0.5, 0.6) is 0 Å². The van der Waals surface area contributed by atoms with Gasteiger partial charge in [0, 0.05) is 47.7 Å². The molecule has 2 unspecified atom stereocenters. The van der Waals surface area contributed by atoms with Crippen molar-refractivity contribution in [3.8, 4) is 0 Å². The number of hydrogen-bond donors (Lipinski definition) is 0. The summed E-state index contributed by atoms with van der Waals surface area (Å²) in [6.45, 7) is 3.47. The molecule has 2 aromatic rings. The number of carbonyl (C=O) groups is 1. The minimum atomic E-state index is 0.242. The van der Waals surface area contributed by atoms with E-state index in [1.54, 1.807) is 6.92 Å². The van der Waals surface area contributed by atoms with E-state index in [9.17, 15) is 4.79 Å². The highest BCUT2D eigenvalue weighted by molar-refractivity contribution is 5.89. The van der Waals surface area contributed by atoms with E-state index >= 15 is 0 Å². The van der Waals surface area contributed by atoms with Gasteiger partial charge in [-0.3, -0.25) is 9.69 Å². The second-order valence-corrected chi connectivity index (χ2v) is 10.9. The minimum Gasteiger partial charge on any atom is -0.378 e. The van der Waals surface area contributed by atoms with Gasteiger partial charge in [-0.2, -0.15) is 0 Å². The van der Waals surface area contributed by atoms with Gasteiger partial charge in [0.2, 0.25) is 0 Å². The maximum Gasteiger partial charge on any atom is 0.134 e. The van der Waals surface area contributed by atoms with Crippen molar-refractivity contribution in [2.45, 2.75) is 88.9 Å². The Balaban J connectivity index is 1.28. The maximum absolute atomic E-state index is 11.9. The van der Waals surface area contributed by atoms with Gasteiger partial charge in [-0.15, -0.1) is 0 Å². The van der Waals surface area contributed by atoms with Crippen LogP contribution in [0.2, 0.25) is 0 Å². The number of nitrogens with zero attached hydrogens (tertiary/aromatic N) is 2. The Labute approximate surface area is 185 Å². The van der Waals surface area contributed by atoms with Gasteiger partial charge in [0.25, 0.3) is 0 Å². The van der Waals surface area contributed by atoms with Crippen molar-refractivity contribution >= 4 is 16.7 Å². The number of hydrogen-bond acceptors (Lipinski definition) is 3. The lowest BCUT2D eigenvalue weighted by Crippen LogP contribution is -2.61. The van der Waals surface area contributed by atoms with Crippen molar-refractivity contribution in [1.29, 1.82) is 0 Å². The molecule has 6 atom stereocenters. The SMILES string of the molecule is CC(=O)Cc1cn(C2C[C@H]3COC[C@@H](C2)N3C2C[C@H]3CCC[C@@H](C2)C3)c2ccccc12. The number of piperidine rings is 1. The highest BCUT2D eigenvalue weighted by Gasteiger charge is 2.45. The van der Waals surface area contributed by atoms with Crippen LogP contribution in [0.3, 0.4) is 0 Å². The summed E-state index contributed by atoms with van der Waals surface area (Å²) in [5.74, 6) is 2.18.